The first-order valence-corrected chi connectivity index (χ1v) is 15.8. The van der Waals surface area contributed by atoms with Crippen molar-refractivity contribution in [2.45, 2.75) is 103 Å². The largest absolute Gasteiger partial charge is 0.410 e. The molecule has 0 bridgehead atoms. The zero-order chi connectivity index (χ0) is 32.3. The fraction of sp³-hybridized carbons (Fsp3) is 0.514. The molecule has 2 aromatic rings. The van der Waals surface area contributed by atoms with Gasteiger partial charge in [0.15, 0.2) is 11.7 Å². The minimum atomic E-state index is -1.53. The molecule has 238 valence electrons. The second-order valence-corrected chi connectivity index (χ2v) is 11.4. The monoisotopic (exact) mass is 610 g/mol. The number of amides is 1. The van der Waals surface area contributed by atoms with Crippen molar-refractivity contribution in [3.63, 3.8) is 0 Å². The number of halogens is 2. The average Bonchev–Trinajstić information content (AvgIpc) is 3.35. The number of rotatable bonds is 7. The molecule has 0 radical (unpaired) electrons. The number of nitrogens with one attached hydrogen (secondary N) is 1. The Labute approximate surface area is 258 Å². The summed E-state index contributed by atoms with van der Waals surface area (Å²) in [6, 6.07) is 10.5. The molecule has 1 N–H and O–H groups in total. The maximum absolute atomic E-state index is 13.5. The molecule has 2 saturated carbocycles. The van der Waals surface area contributed by atoms with Crippen LogP contribution in [0.4, 0.5) is 8.78 Å². The van der Waals surface area contributed by atoms with E-state index in [1.807, 2.05) is 13.8 Å². The fourth-order valence-electron chi connectivity index (χ4n) is 6.39. The molecule has 2 atom stereocenters. The quantitative estimate of drug-likeness (QED) is 0.200. The van der Waals surface area contributed by atoms with Crippen LogP contribution in [0.1, 0.15) is 113 Å². The number of aliphatic imine (C=N–C) groups is 1. The number of esters is 1. The van der Waals surface area contributed by atoms with E-state index in [1.165, 1.54) is 49.7 Å². The van der Waals surface area contributed by atoms with Crippen LogP contribution in [-0.4, -0.2) is 40.9 Å². The Bertz CT molecular complexity index is 1350. The van der Waals surface area contributed by atoms with Gasteiger partial charge in [-0.3, -0.25) is 14.4 Å². The molecule has 2 fully saturated rings. The van der Waals surface area contributed by atoms with Gasteiger partial charge >= 0.3 is 5.97 Å². The molecule has 5 rings (SSSR count). The first-order valence-electron chi connectivity index (χ1n) is 15.8. The number of hydrogen-bond acceptors (Lipinski definition) is 6. The predicted octanol–water partition coefficient (Wildman–Crippen LogP) is 7.42. The lowest BCUT2D eigenvalue weighted by Crippen LogP contribution is -2.50. The Hall–Kier alpha value is -3.75. The molecular formula is C35H44F2N2O5. The van der Waals surface area contributed by atoms with E-state index in [9.17, 15) is 28.0 Å². The van der Waals surface area contributed by atoms with Gasteiger partial charge in [0.1, 0.15) is 11.6 Å². The lowest BCUT2D eigenvalue weighted by molar-refractivity contribution is -0.139. The SMILES string of the molecule is CC.CC(=O)NC(C(=O)c1cccc(F)c1)C1CCCCC1.CC1=NC(C(=O)c2cccc(F)c2)(C2CCCCC2)C(=O)O1. The summed E-state index contributed by atoms with van der Waals surface area (Å²) in [5.41, 5.74) is -1.03. The van der Waals surface area contributed by atoms with Crippen molar-refractivity contribution < 1.29 is 32.7 Å². The van der Waals surface area contributed by atoms with E-state index < -0.39 is 35.0 Å². The first kappa shape index (κ1) is 34.7. The summed E-state index contributed by atoms with van der Waals surface area (Å²) in [5, 5.41) is 2.76. The molecule has 2 aliphatic carbocycles. The van der Waals surface area contributed by atoms with Crippen molar-refractivity contribution in [1.29, 1.82) is 0 Å². The summed E-state index contributed by atoms with van der Waals surface area (Å²) in [6.07, 6.45) is 9.75. The van der Waals surface area contributed by atoms with Crippen molar-refractivity contribution in [2.24, 2.45) is 16.8 Å². The zero-order valence-electron chi connectivity index (χ0n) is 26.2. The molecule has 2 unspecified atom stereocenters. The highest BCUT2D eigenvalue weighted by Gasteiger charge is 2.57. The second-order valence-electron chi connectivity index (χ2n) is 11.4. The van der Waals surface area contributed by atoms with E-state index in [-0.39, 0.29) is 35.0 Å². The highest BCUT2D eigenvalue weighted by atomic mass is 19.1. The van der Waals surface area contributed by atoms with Crippen molar-refractivity contribution in [3.8, 4) is 0 Å². The molecule has 0 spiro atoms. The molecule has 1 heterocycles. The molecule has 0 aromatic heterocycles. The smallest absolute Gasteiger partial charge is 0.349 e. The third-order valence-electron chi connectivity index (χ3n) is 8.39. The van der Waals surface area contributed by atoms with E-state index in [0.717, 1.165) is 63.9 Å². The number of hydrogen-bond donors (Lipinski definition) is 1. The summed E-state index contributed by atoms with van der Waals surface area (Å²) in [6.45, 7) is 6.98. The van der Waals surface area contributed by atoms with Gasteiger partial charge in [0.25, 0.3) is 0 Å². The molecule has 2 aromatic carbocycles. The second kappa shape index (κ2) is 16.4. The molecule has 7 nitrogen and oxygen atoms in total. The standard InChI is InChI=1S/C17H18FNO3.C16H20FNO2.C2H6/c1-11-19-17(16(21)22-11,13-7-3-2-4-8-13)15(20)12-6-5-9-14(18)10-12;1-11(19)18-15(12-6-3-2-4-7-12)16(20)13-8-5-9-14(17)10-13;1-2/h5-6,9-10,13H,2-4,7-8H2,1H3;5,8-10,12,15H,2-4,6-7H2,1H3,(H,18,19);1-2H3. The topological polar surface area (TPSA) is 102 Å². The number of cyclic esters (lactones) is 1. The number of carbonyl (C=O) groups excluding carboxylic acids is 4. The highest BCUT2D eigenvalue weighted by molar-refractivity contribution is 6.21. The summed E-state index contributed by atoms with van der Waals surface area (Å²) >= 11 is 0. The van der Waals surface area contributed by atoms with E-state index in [4.69, 9.17) is 4.74 Å². The van der Waals surface area contributed by atoms with Crippen LogP contribution in [0.25, 0.3) is 0 Å². The Kier molecular flexibility index (Phi) is 12.9. The number of Topliss-reactive ketones (excluding diaryl/α,β-unsaturated/α-hetero) is 2. The van der Waals surface area contributed by atoms with E-state index in [2.05, 4.69) is 10.3 Å². The summed E-state index contributed by atoms with van der Waals surface area (Å²) in [7, 11) is 0. The Balaban J connectivity index is 0.000000229. The van der Waals surface area contributed by atoms with Crippen LogP contribution in [-0.2, 0) is 14.3 Å². The number of ether oxygens (including phenoxy) is 1. The Morgan fingerprint density at radius 3 is 1.89 bits per heavy atom. The molecule has 9 heteroatoms. The van der Waals surface area contributed by atoms with E-state index >= 15 is 0 Å². The fourth-order valence-corrected chi connectivity index (χ4v) is 6.39. The zero-order valence-corrected chi connectivity index (χ0v) is 26.2. The van der Waals surface area contributed by atoms with Crippen LogP contribution < -0.4 is 5.32 Å². The van der Waals surface area contributed by atoms with Crippen LogP contribution >= 0.6 is 0 Å². The average molecular weight is 611 g/mol. The lowest BCUT2D eigenvalue weighted by Gasteiger charge is -2.33. The third kappa shape index (κ3) is 8.45. The van der Waals surface area contributed by atoms with Crippen molar-refractivity contribution in [3.05, 3.63) is 71.3 Å². The number of ketones is 2. The van der Waals surface area contributed by atoms with Gasteiger partial charge in [0.05, 0.1) is 6.04 Å². The van der Waals surface area contributed by atoms with Crippen LogP contribution in [0.2, 0.25) is 0 Å². The van der Waals surface area contributed by atoms with E-state index in [1.54, 1.807) is 13.0 Å². The molecule has 1 amide bonds. The van der Waals surface area contributed by atoms with Gasteiger partial charge in [0, 0.05) is 30.9 Å². The van der Waals surface area contributed by atoms with E-state index in [0.29, 0.717) is 5.56 Å². The minimum Gasteiger partial charge on any atom is -0.410 e. The molecule has 0 saturated heterocycles. The van der Waals surface area contributed by atoms with Crippen LogP contribution in [0.3, 0.4) is 0 Å². The molecule has 44 heavy (non-hydrogen) atoms. The number of benzene rings is 2. The summed E-state index contributed by atoms with van der Waals surface area (Å²) in [5.74, 6) is -2.23. The number of nitrogens with zero attached hydrogens (tertiary/aromatic N) is 1. The molecule has 3 aliphatic rings. The minimum absolute atomic E-state index is 0.156. The van der Waals surface area contributed by atoms with Gasteiger partial charge in [-0.05, 0) is 55.9 Å². The molecule has 1 aliphatic heterocycles. The summed E-state index contributed by atoms with van der Waals surface area (Å²) < 4.78 is 31.8. The lowest BCUT2D eigenvalue weighted by atomic mass is 9.71. The summed E-state index contributed by atoms with van der Waals surface area (Å²) in [4.78, 5) is 53.7. The highest BCUT2D eigenvalue weighted by Crippen LogP contribution is 2.41. The molecular weight excluding hydrogens is 566 g/mol. The Morgan fingerprint density at radius 2 is 1.39 bits per heavy atom. The third-order valence-corrected chi connectivity index (χ3v) is 8.39. The van der Waals surface area contributed by atoms with Crippen molar-refractivity contribution >= 4 is 29.3 Å². The van der Waals surface area contributed by atoms with Gasteiger partial charge in [-0.15, -0.1) is 0 Å². The maximum Gasteiger partial charge on any atom is 0.349 e. The number of carbonyl (C=O) groups is 4. The van der Waals surface area contributed by atoms with Gasteiger partial charge in [-0.2, -0.15) is 0 Å². The Morgan fingerprint density at radius 1 is 0.864 bits per heavy atom. The van der Waals surface area contributed by atoms with Crippen LogP contribution in [0.5, 0.6) is 0 Å². The van der Waals surface area contributed by atoms with Crippen LogP contribution in [0, 0.1) is 23.5 Å². The van der Waals surface area contributed by atoms with Gasteiger partial charge < -0.3 is 10.1 Å². The predicted molar refractivity (Wildman–Crippen MR) is 165 cm³/mol. The van der Waals surface area contributed by atoms with Gasteiger partial charge in [-0.25, -0.2) is 18.6 Å². The van der Waals surface area contributed by atoms with Gasteiger partial charge in [0.2, 0.25) is 17.2 Å². The van der Waals surface area contributed by atoms with Crippen molar-refractivity contribution in [2.75, 3.05) is 0 Å². The van der Waals surface area contributed by atoms with Gasteiger partial charge in [-0.1, -0.05) is 76.6 Å². The van der Waals surface area contributed by atoms with Crippen LogP contribution in [0.15, 0.2) is 53.5 Å². The van der Waals surface area contributed by atoms with Crippen molar-refractivity contribution in [1.82, 2.24) is 5.32 Å². The maximum atomic E-state index is 13.5. The first-order chi connectivity index (χ1) is 21.1. The normalized spacial score (nSPS) is 21.0.